The van der Waals surface area contributed by atoms with Crippen LogP contribution in [0.2, 0.25) is 0 Å². The van der Waals surface area contributed by atoms with Gasteiger partial charge in [0.15, 0.2) is 0 Å². The number of rotatable bonds is 11. The summed E-state index contributed by atoms with van der Waals surface area (Å²) < 4.78 is 0. The van der Waals surface area contributed by atoms with E-state index >= 15 is 0 Å². The van der Waals surface area contributed by atoms with Gasteiger partial charge >= 0.3 is 0 Å². The maximum atomic E-state index is 11.7. The number of hydrogen-bond acceptors (Lipinski definition) is 2. The molecule has 0 bridgehead atoms. The average molecular weight is 502 g/mol. The lowest BCUT2D eigenvalue weighted by Crippen LogP contribution is -2.23. The van der Waals surface area contributed by atoms with Crippen molar-refractivity contribution in [2.24, 2.45) is 5.41 Å². The fourth-order valence-corrected chi connectivity index (χ4v) is 3.96. The van der Waals surface area contributed by atoms with E-state index in [4.69, 9.17) is 4.84 Å². The lowest BCUT2D eigenvalue weighted by molar-refractivity contribution is -0.162. The van der Waals surface area contributed by atoms with Crippen molar-refractivity contribution < 1.29 is 9.63 Å². The van der Waals surface area contributed by atoms with Gasteiger partial charge in [-0.15, -0.1) is 0 Å². The standard InChI is InChI=1S/C34H47NO2/c1-27(17-12-19-29(3)22-24-32-31(5)21-14-26-34(32,6)7)15-10-11-16-28(2)18-13-20-30(4)23-25-33(36)35(8)37-9/h10-13,15-20,22-25H,14,21,26H2,1-9H3/b11-10+,17-12+,18-13+,24-22+,25-23+,27-15+,28-16+,29-19+,30-20+. The van der Waals surface area contributed by atoms with Crippen LogP contribution in [0.4, 0.5) is 0 Å². The Morgan fingerprint density at radius 2 is 1.27 bits per heavy atom. The largest absolute Gasteiger partial charge is 0.274 e. The van der Waals surface area contributed by atoms with Gasteiger partial charge in [0, 0.05) is 13.1 Å². The van der Waals surface area contributed by atoms with Crippen molar-refractivity contribution in [3.05, 3.63) is 119 Å². The molecule has 0 aromatic heterocycles. The highest BCUT2D eigenvalue weighted by atomic mass is 16.7. The first-order valence-corrected chi connectivity index (χ1v) is 13.1. The van der Waals surface area contributed by atoms with Gasteiger partial charge in [0.2, 0.25) is 0 Å². The number of allylic oxidation sites excluding steroid dienone is 19. The summed E-state index contributed by atoms with van der Waals surface area (Å²) in [5.74, 6) is -0.201. The molecular weight excluding hydrogens is 454 g/mol. The molecule has 0 aliphatic heterocycles. The summed E-state index contributed by atoms with van der Waals surface area (Å²) in [5.41, 5.74) is 7.87. The smallest absolute Gasteiger partial charge is 0.269 e. The lowest BCUT2D eigenvalue weighted by atomic mass is 9.72. The highest BCUT2D eigenvalue weighted by Crippen LogP contribution is 2.40. The van der Waals surface area contributed by atoms with E-state index in [2.05, 4.69) is 90.2 Å². The van der Waals surface area contributed by atoms with Crippen LogP contribution in [0.1, 0.15) is 67.7 Å². The molecule has 0 fully saturated rings. The third-order valence-electron chi connectivity index (χ3n) is 6.39. The van der Waals surface area contributed by atoms with Crippen LogP contribution in [0, 0.1) is 5.41 Å². The number of hydroxylamine groups is 2. The zero-order valence-electron chi connectivity index (χ0n) is 24.5. The monoisotopic (exact) mass is 501 g/mol. The number of hydrogen-bond donors (Lipinski definition) is 0. The molecule has 1 amide bonds. The molecule has 0 aromatic carbocycles. The highest BCUT2D eigenvalue weighted by molar-refractivity contribution is 5.86. The number of likely N-dealkylation sites (N-methyl/N-ethyl adjacent to an activating group) is 1. The van der Waals surface area contributed by atoms with Crippen LogP contribution < -0.4 is 0 Å². The van der Waals surface area contributed by atoms with Crippen molar-refractivity contribution >= 4 is 5.91 Å². The minimum absolute atomic E-state index is 0.201. The van der Waals surface area contributed by atoms with E-state index in [1.807, 2.05) is 31.2 Å². The maximum Gasteiger partial charge on any atom is 0.269 e. The van der Waals surface area contributed by atoms with E-state index in [0.29, 0.717) is 0 Å². The normalized spacial score (nSPS) is 18.5. The molecule has 1 aliphatic rings. The van der Waals surface area contributed by atoms with Crippen molar-refractivity contribution in [3.63, 3.8) is 0 Å². The number of nitrogens with zero attached hydrogens (tertiary/aromatic N) is 1. The van der Waals surface area contributed by atoms with Crippen LogP contribution >= 0.6 is 0 Å². The molecule has 0 N–H and O–H groups in total. The Balaban J connectivity index is 2.62. The third-order valence-corrected chi connectivity index (χ3v) is 6.39. The van der Waals surface area contributed by atoms with E-state index in [9.17, 15) is 4.79 Å². The summed E-state index contributed by atoms with van der Waals surface area (Å²) in [4.78, 5) is 16.5. The molecule has 0 heterocycles. The van der Waals surface area contributed by atoms with Crippen molar-refractivity contribution in [1.82, 2.24) is 5.06 Å². The van der Waals surface area contributed by atoms with E-state index in [1.165, 1.54) is 59.8 Å². The third kappa shape index (κ3) is 13.1. The Kier molecular flexibility index (Phi) is 14.3. The predicted molar refractivity (Wildman–Crippen MR) is 161 cm³/mol. The molecule has 0 saturated heterocycles. The van der Waals surface area contributed by atoms with E-state index in [0.717, 1.165) is 11.1 Å². The van der Waals surface area contributed by atoms with Crippen molar-refractivity contribution in [2.75, 3.05) is 14.2 Å². The summed E-state index contributed by atoms with van der Waals surface area (Å²) in [6.45, 7) is 15.2. The SMILES string of the molecule is CON(C)C(=O)/C=C/C(C)=C/C=C/C(C)=C/C=C/C=C(C)/C=C/C=C(C)/C=C/C1=C(C)CCCC1(C)C. The molecule has 200 valence electrons. The minimum Gasteiger partial charge on any atom is -0.274 e. The molecule has 0 unspecified atom stereocenters. The summed E-state index contributed by atoms with van der Waals surface area (Å²) in [6.07, 6.45) is 32.2. The summed E-state index contributed by atoms with van der Waals surface area (Å²) in [6, 6.07) is 0. The zero-order chi connectivity index (χ0) is 27.8. The molecule has 1 rings (SSSR count). The summed E-state index contributed by atoms with van der Waals surface area (Å²) in [5, 5.41) is 1.18. The van der Waals surface area contributed by atoms with E-state index in [1.54, 1.807) is 13.1 Å². The Labute approximate surface area is 226 Å². The molecule has 3 nitrogen and oxygen atoms in total. The molecule has 3 heteroatoms. The van der Waals surface area contributed by atoms with Gasteiger partial charge in [-0.25, -0.2) is 5.06 Å². The van der Waals surface area contributed by atoms with Crippen LogP contribution in [0.5, 0.6) is 0 Å². The van der Waals surface area contributed by atoms with Gasteiger partial charge in [-0.1, -0.05) is 121 Å². The van der Waals surface area contributed by atoms with Gasteiger partial charge < -0.3 is 0 Å². The number of carbonyl (C=O) groups excluding carboxylic acids is 1. The van der Waals surface area contributed by atoms with Gasteiger partial charge in [-0.05, 0) is 64.9 Å². The highest BCUT2D eigenvalue weighted by Gasteiger charge is 2.26. The quantitative estimate of drug-likeness (QED) is 0.160. The molecule has 0 atom stereocenters. The van der Waals surface area contributed by atoms with Gasteiger partial charge in [-0.2, -0.15) is 0 Å². The lowest BCUT2D eigenvalue weighted by Gasteiger charge is -2.32. The van der Waals surface area contributed by atoms with Crippen LogP contribution in [0.15, 0.2) is 119 Å². The molecule has 37 heavy (non-hydrogen) atoms. The molecule has 0 aromatic rings. The first kappa shape index (κ1) is 31.9. The molecule has 0 radical (unpaired) electrons. The van der Waals surface area contributed by atoms with Gasteiger partial charge in [0.25, 0.3) is 5.91 Å². The topological polar surface area (TPSA) is 29.5 Å². The van der Waals surface area contributed by atoms with Crippen molar-refractivity contribution in [2.45, 2.75) is 67.7 Å². The zero-order valence-corrected chi connectivity index (χ0v) is 24.5. The summed E-state index contributed by atoms with van der Waals surface area (Å²) >= 11 is 0. The predicted octanol–water partition coefficient (Wildman–Crippen LogP) is 9.10. The molecular formula is C34H47NO2. The van der Waals surface area contributed by atoms with E-state index < -0.39 is 0 Å². The van der Waals surface area contributed by atoms with Crippen LogP contribution in [0.3, 0.4) is 0 Å². The van der Waals surface area contributed by atoms with Crippen LogP contribution in [0.25, 0.3) is 0 Å². The van der Waals surface area contributed by atoms with Gasteiger partial charge in [0.05, 0.1) is 7.11 Å². The summed E-state index contributed by atoms with van der Waals surface area (Å²) in [7, 11) is 3.04. The second-order valence-corrected chi connectivity index (χ2v) is 10.4. The first-order valence-electron chi connectivity index (χ1n) is 13.1. The Bertz CT molecular complexity index is 1080. The average Bonchev–Trinajstić information content (AvgIpc) is 2.83. The molecule has 1 aliphatic carbocycles. The maximum absolute atomic E-state index is 11.7. The van der Waals surface area contributed by atoms with Crippen molar-refractivity contribution in [1.29, 1.82) is 0 Å². The molecule has 0 spiro atoms. The fourth-order valence-electron chi connectivity index (χ4n) is 3.96. The fraction of sp³-hybridized carbons (Fsp3) is 0.382. The Hall–Kier alpha value is -3.17. The first-order chi connectivity index (χ1) is 17.5. The second kappa shape index (κ2) is 16.6. The van der Waals surface area contributed by atoms with Crippen LogP contribution in [-0.4, -0.2) is 25.1 Å². The van der Waals surface area contributed by atoms with Crippen molar-refractivity contribution in [3.8, 4) is 0 Å². The van der Waals surface area contributed by atoms with Gasteiger partial charge in [0.1, 0.15) is 0 Å². The Morgan fingerprint density at radius 3 is 1.78 bits per heavy atom. The van der Waals surface area contributed by atoms with E-state index in [-0.39, 0.29) is 11.3 Å². The minimum atomic E-state index is -0.201. The number of carbonyl (C=O) groups is 1. The van der Waals surface area contributed by atoms with Gasteiger partial charge in [-0.3, -0.25) is 9.63 Å². The van der Waals surface area contributed by atoms with Crippen LogP contribution in [-0.2, 0) is 9.63 Å². The molecule has 0 saturated carbocycles. The number of amides is 1. The Morgan fingerprint density at radius 1 is 0.784 bits per heavy atom. The second-order valence-electron chi connectivity index (χ2n) is 10.4.